The van der Waals surface area contributed by atoms with Crippen LogP contribution in [0.3, 0.4) is 0 Å². The van der Waals surface area contributed by atoms with Crippen molar-refractivity contribution < 1.29 is 23.6 Å². The first-order valence-corrected chi connectivity index (χ1v) is 8.63. The first kappa shape index (κ1) is 17.9. The molecular formula is C20H16FN3O4. The molecule has 1 aromatic carbocycles. The Bertz CT molecular complexity index is 1150. The molecule has 4 rings (SSSR count). The summed E-state index contributed by atoms with van der Waals surface area (Å²) in [6, 6.07) is 10.8. The van der Waals surface area contributed by atoms with Crippen LogP contribution in [0.4, 0.5) is 4.39 Å². The van der Waals surface area contributed by atoms with E-state index < -0.39 is 5.97 Å². The van der Waals surface area contributed by atoms with Gasteiger partial charge >= 0.3 is 5.97 Å². The predicted molar refractivity (Wildman–Crippen MR) is 98.0 cm³/mol. The molecule has 3 heterocycles. The summed E-state index contributed by atoms with van der Waals surface area (Å²) in [6.07, 6.45) is 1.64. The zero-order chi connectivity index (χ0) is 19.7. The highest BCUT2D eigenvalue weighted by Crippen LogP contribution is 2.35. The minimum Gasteiger partial charge on any atom is -0.462 e. The average molecular weight is 381 g/mol. The standard InChI is InChI=1S/C20H16FN3O4/c1-2-27-20(26)13-7-8-24-17(9-13)18(16-10-15(11-25)28-23-16)19(22-24)12-3-5-14(21)6-4-12/h3-10,25H,2,11H2,1H3. The quantitative estimate of drug-likeness (QED) is 0.533. The lowest BCUT2D eigenvalue weighted by Crippen LogP contribution is -2.05. The van der Waals surface area contributed by atoms with E-state index >= 15 is 0 Å². The Morgan fingerprint density at radius 2 is 2.04 bits per heavy atom. The summed E-state index contributed by atoms with van der Waals surface area (Å²) in [5.41, 5.74) is 3.22. The molecule has 0 aliphatic carbocycles. The second kappa shape index (κ2) is 7.24. The summed E-state index contributed by atoms with van der Waals surface area (Å²) in [6.45, 7) is 1.70. The summed E-state index contributed by atoms with van der Waals surface area (Å²) < 4.78 is 25.2. The Kier molecular flexibility index (Phi) is 4.62. The number of pyridine rings is 1. The second-order valence-corrected chi connectivity index (χ2v) is 6.03. The fourth-order valence-electron chi connectivity index (χ4n) is 2.95. The van der Waals surface area contributed by atoms with Crippen LogP contribution in [-0.4, -0.2) is 32.5 Å². The van der Waals surface area contributed by atoms with Crippen LogP contribution in [0.2, 0.25) is 0 Å². The van der Waals surface area contributed by atoms with E-state index in [0.29, 0.717) is 39.4 Å². The fraction of sp³-hybridized carbons (Fsp3) is 0.150. The number of halogens is 1. The number of carbonyl (C=O) groups excluding carboxylic acids is 1. The monoisotopic (exact) mass is 381 g/mol. The topological polar surface area (TPSA) is 89.9 Å². The number of esters is 1. The molecule has 0 amide bonds. The Labute approximate surface area is 159 Å². The maximum absolute atomic E-state index is 13.4. The summed E-state index contributed by atoms with van der Waals surface area (Å²) >= 11 is 0. The van der Waals surface area contributed by atoms with Gasteiger partial charge in [-0.25, -0.2) is 13.7 Å². The molecule has 0 bridgehead atoms. The van der Waals surface area contributed by atoms with Crippen molar-refractivity contribution in [2.45, 2.75) is 13.5 Å². The van der Waals surface area contributed by atoms with E-state index in [4.69, 9.17) is 9.26 Å². The number of rotatable bonds is 5. The fourth-order valence-corrected chi connectivity index (χ4v) is 2.95. The molecule has 8 heteroatoms. The molecule has 0 spiro atoms. The second-order valence-electron chi connectivity index (χ2n) is 6.03. The van der Waals surface area contributed by atoms with E-state index in [0.717, 1.165) is 0 Å². The van der Waals surface area contributed by atoms with Gasteiger partial charge in [-0.2, -0.15) is 5.10 Å². The SMILES string of the molecule is CCOC(=O)c1ccn2nc(-c3ccc(F)cc3)c(-c3cc(CO)on3)c2c1. The van der Waals surface area contributed by atoms with Gasteiger partial charge in [0.25, 0.3) is 0 Å². The minimum atomic E-state index is -0.448. The maximum Gasteiger partial charge on any atom is 0.338 e. The first-order chi connectivity index (χ1) is 13.6. The van der Waals surface area contributed by atoms with Crippen molar-refractivity contribution in [2.24, 2.45) is 0 Å². The first-order valence-electron chi connectivity index (χ1n) is 8.63. The van der Waals surface area contributed by atoms with Gasteiger partial charge in [0.15, 0.2) is 5.76 Å². The van der Waals surface area contributed by atoms with Gasteiger partial charge in [-0.05, 0) is 43.3 Å². The number of hydrogen-bond acceptors (Lipinski definition) is 6. The highest BCUT2D eigenvalue weighted by molar-refractivity contribution is 5.96. The van der Waals surface area contributed by atoms with Crippen molar-refractivity contribution in [3.63, 3.8) is 0 Å². The van der Waals surface area contributed by atoms with Crippen molar-refractivity contribution in [2.75, 3.05) is 6.61 Å². The van der Waals surface area contributed by atoms with Crippen LogP contribution >= 0.6 is 0 Å². The van der Waals surface area contributed by atoms with Crippen molar-refractivity contribution in [3.8, 4) is 22.5 Å². The van der Waals surface area contributed by atoms with Gasteiger partial charge in [0, 0.05) is 17.8 Å². The van der Waals surface area contributed by atoms with Crippen LogP contribution in [0, 0.1) is 5.82 Å². The van der Waals surface area contributed by atoms with Crippen LogP contribution in [-0.2, 0) is 11.3 Å². The summed E-state index contributed by atoms with van der Waals surface area (Å²) in [5, 5.41) is 17.9. The molecule has 4 aromatic rings. The zero-order valence-electron chi connectivity index (χ0n) is 14.9. The van der Waals surface area contributed by atoms with Crippen molar-refractivity contribution in [3.05, 3.63) is 65.8 Å². The molecule has 1 N–H and O–H groups in total. The summed E-state index contributed by atoms with van der Waals surface area (Å²) in [5.74, 6) is -0.514. The van der Waals surface area contributed by atoms with Gasteiger partial charge < -0.3 is 14.4 Å². The number of nitrogens with zero attached hydrogens (tertiary/aromatic N) is 3. The normalized spacial score (nSPS) is 11.1. The van der Waals surface area contributed by atoms with Crippen LogP contribution in [0.5, 0.6) is 0 Å². The van der Waals surface area contributed by atoms with Crippen LogP contribution in [0.1, 0.15) is 23.0 Å². The van der Waals surface area contributed by atoms with Crippen LogP contribution in [0.15, 0.2) is 53.2 Å². The van der Waals surface area contributed by atoms with Crippen LogP contribution in [0.25, 0.3) is 28.0 Å². The molecule has 3 aromatic heterocycles. The van der Waals surface area contributed by atoms with Crippen molar-refractivity contribution in [1.29, 1.82) is 0 Å². The maximum atomic E-state index is 13.4. The van der Waals surface area contributed by atoms with E-state index in [1.54, 1.807) is 48.0 Å². The van der Waals surface area contributed by atoms with E-state index in [1.165, 1.54) is 12.1 Å². The molecule has 28 heavy (non-hydrogen) atoms. The number of fused-ring (bicyclic) bond motifs is 1. The lowest BCUT2D eigenvalue weighted by molar-refractivity contribution is 0.0526. The molecule has 0 aliphatic heterocycles. The molecule has 0 saturated carbocycles. The Morgan fingerprint density at radius 3 is 2.71 bits per heavy atom. The third-order valence-electron chi connectivity index (χ3n) is 4.23. The van der Waals surface area contributed by atoms with Gasteiger partial charge in [0.2, 0.25) is 0 Å². The molecular weight excluding hydrogens is 365 g/mol. The Hall–Kier alpha value is -3.52. The molecule has 142 valence electrons. The average Bonchev–Trinajstić information content (AvgIpc) is 3.32. The van der Waals surface area contributed by atoms with Gasteiger partial charge in [0.05, 0.1) is 23.3 Å². The number of ether oxygens (including phenoxy) is 1. The molecule has 7 nitrogen and oxygen atoms in total. The summed E-state index contributed by atoms with van der Waals surface area (Å²) in [7, 11) is 0. The molecule has 0 saturated heterocycles. The van der Waals surface area contributed by atoms with Gasteiger partial charge in [0.1, 0.15) is 23.8 Å². The highest BCUT2D eigenvalue weighted by Gasteiger charge is 2.21. The number of aromatic nitrogens is 3. The summed E-state index contributed by atoms with van der Waals surface area (Å²) in [4.78, 5) is 12.1. The third-order valence-corrected chi connectivity index (χ3v) is 4.23. The Morgan fingerprint density at radius 1 is 1.25 bits per heavy atom. The molecule has 0 unspecified atom stereocenters. The largest absolute Gasteiger partial charge is 0.462 e. The van der Waals surface area contributed by atoms with Crippen molar-refractivity contribution >= 4 is 11.5 Å². The van der Waals surface area contributed by atoms with Gasteiger partial charge in [-0.3, -0.25) is 0 Å². The molecule has 0 radical (unpaired) electrons. The lowest BCUT2D eigenvalue weighted by Gasteiger charge is -2.03. The zero-order valence-corrected chi connectivity index (χ0v) is 14.9. The van der Waals surface area contributed by atoms with Crippen LogP contribution < -0.4 is 0 Å². The molecule has 0 aliphatic rings. The minimum absolute atomic E-state index is 0.264. The number of aliphatic hydroxyl groups excluding tert-OH is 1. The van der Waals surface area contributed by atoms with E-state index in [1.807, 2.05) is 0 Å². The Balaban J connectivity index is 1.96. The smallest absolute Gasteiger partial charge is 0.338 e. The third kappa shape index (κ3) is 3.14. The lowest BCUT2D eigenvalue weighted by atomic mass is 10.0. The molecule has 0 atom stereocenters. The van der Waals surface area contributed by atoms with Gasteiger partial charge in [-0.15, -0.1) is 0 Å². The number of aliphatic hydroxyl groups is 1. The van der Waals surface area contributed by atoms with Crippen molar-refractivity contribution in [1.82, 2.24) is 14.8 Å². The number of carbonyl (C=O) groups is 1. The van der Waals surface area contributed by atoms with E-state index in [9.17, 15) is 14.3 Å². The molecule has 0 fully saturated rings. The highest BCUT2D eigenvalue weighted by atomic mass is 19.1. The van der Waals surface area contributed by atoms with E-state index in [-0.39, 0.29) is 19.0 Å². The van der Waals surface area contributed by atoms with Gasteiger partial charge in [-0.1, -0.05) is 5.16 Å². The number of hydrogen-bond donors (Lipinski definition) is 1. The predicted octanol–water partition coefficient (Wildman–Crippen LogP) is 3.46. The van der Waals surface area contributed by atoms with E-state index in [2.05, 4.69) is 10.3 Å². The number of benzene rings is 1.